The minimum atomic E-state index is 0.294. The normalized spacial score (nSPS) is 16.5. The molecule has 0 radical (unpaired) electrons. The van der Waals surface area contributed by atoms with Crippen LogP contribution >= 0.6 is 27.3 Å². The molecule has 1 saturated heterocycles. The number of rotatable bonds is 5. The number of aryl methyl sites for hydroxylation is 1. The van der Waals surface area contributed by atoms with Gasteiger partial charge in [0.1, 0.15) is 0 Å². The van der Waals surface area contributed by atoms with Crippen molar-refractivity contribution >= 4 is 33.2 Å². The Kier molecular flexibility index (Phi) is 5.85. The van der Waals surface area contributed by atoms with Crippen molar-refractivity contribution < 1.29 is 4.79 Å². The molecule has 0 unspecified atom stereocenters. The van der Waals surface area contributed by atoms with E-state index in [-0.39, 0.29) is 0 Å². The molecule has 1 N–H and O–H groups in total. The van der Waals surface area contributed by atoms with E-state index in [2.05, 4.69) is 33.4 Å². The van der Waals surface area contributed by atoms with Crippen LogP contribution in [0.1, 0.15) is 30.6 Å². The van der Waals surface area contributed by atoms with Crippen molar-refractivity contribution in [3.05, 3.63) is 20.8 Å². The molecule has 106 valence electrons. The Morgan fingerprint density at radius 3 is 2.84 bits per heavy atom. The number of amides is 1. The summed E-state index contributed by atoms with van der Waals surface area (Å²) >= 11 is 5.23. The molecule has 1 aliphatic rings. The number of nitrogens with one attached hydrogen (secondary N) is 1. The van der Waals surface area contributed by atoms with Crippen LogP contribution in [0, 0.1) is 0 Å². The summed E-state index contributed by atoms with van der Waals surface area (Å²) in [5, 5.41) is 3.33. The maximum Gasteiger partial charge on any atom is 0.222 e. The van der Waals surface area contributed by atoms with Crippen LogP contribution in [-0.2, 0) is 11.2 Å². The van der Waals surface area contributed by atoms with E-state index in [1.807, 2.05) is 11.9 Å². The highest BCUT2D eigenvalue weighted by Gasteiger charge is 2.21. The first kappa shape index (κ1) is 15.0. The molecule has 1 aliphatic heterocycles. The standard InChI is InChI=1S/C14H21BrN2OS/c1-17(11-7-9-16-10-8-11)14(18)4-2-3-12-5-6-13(15)19-12/h5-6,11,16H,2-4,7-10H2,1H3. The topological polar surface area (TPSA) is 32.3 Å². The van der Waals surface area contributed by atoms with Crippen molar-refractivity contribution in [2.75, 3.05) is 20.1 Å². The molecule has 1 fully saturated rings. The van der Waals surface area contributed by atoms with Crippen LogP contribution < -0.4 is 5.32 Å². The average molecular weight is 345 g/mol. The van der Waals surface area contributed by atoms with Crippen LogP contribution in [0.25, 0.3) is 0 Å². The maximum absolute atomic E-state index is 12.1. The van der Waals surface area contributed by atoms with Crippen LogP contribution in [-0.4, -0.2) is 37.0 Å². The molecule has 1 aromatic rings. The Labute approximate surface area is 127 Å². The van der Waals surface area contributed by atoms with Crippen molar-refractivity contribution in [1.29, 1.82) is 0 Å². The van der Waals surface area contributed by atoms with Crippen LogP contribution in [0.4, 0.5) is 0 Å². The van der Waals surface area contributed by atoms with E-state index in [1.165, 1.54) is 8.66 Å². The zero-order valence-electron chi connectivity index (χ0n) is 11.3. The van der Waals surface area contributed by atoms with Crippen molar-refractivity contribution in [2.45, 2.75) is 38.1 Å². The van der Waals surface area contributed by atoms with E-state index in [0.29, 0.717) is 18.4 Å². The number of piperidine rings is 1. The van der Waals surface area contributed by atoms with Gasteiger partial charge in [0.2, 0.25) is 5.91 Å². The second kappa shape index (κ2) is 7.41. The van der Waals surface area contributed by atoms with Crippen LogP contribution in [0.5, 0.6) is 0 Å². The largest absolute Gasteiger partial charge is 0.343 e. The van der Waals surface area contributed by atoms with Crippen LogP contribution in [0.15, 0.2) is 15.9 Å². The Balaban J connectivity index is 1.71. The third kappa shape index (κ3) is 4.58. The minimum absolute atomic E-state index is 0.294. The highest BCUT2D eigenvalue weighted by atomic mass is 79.9. The van der Waals surface area contributed by atoms with Crippen molar-refractivity contribution in [1.82, 2.24) is 10.2 Å². The van der Waals surface area contributed by atoms with Gasteiger partial charge in [-0.25, -0.2) is 0 Å². The smallest absolute Gasteiger partial charge is 0.222 e. The molecule has 1 aromatic heterocycles. The molecule has 3 nitrogen and oxygen atoms in total. The fourth-order valence-electron chi connectivity index (χ4n) is 2.47. The number of nitrogens with zero attached hydrogens (tertiary/aromatic N) is 1. The van der Waals surface area contributed by atoms with Gasteiger partial charge in [0, 0.05) is 24.4 Å². The molecule has 5 heteroatoms. The summed E-state index contributed by atoms with van der Waals surface area (Å²) in [4.78, 5) is 15.5. The summed E-state index contributed by atoms with van der Waals surface area (Å²) in [7, 11) is 1.96. The Hall–Kier alpha value is -0.390. The summed E-state index contributed by atoms with van der Waals surface area (Å²) < 4.78 is 1.17. The molecule has 0 aliphatic carbocycles. The lowest BCUT2D eigenvalue weighted by Crippen LogP contribution is -2.43. The first-order valence-electron chi connectivity index (χ1n) is 6.87. The number of hydrogen-bond acceptors (Lipinski definition) is 3. The molecule has 0 spiro atoms. The predicted molar refractivity (Wildman–Crippen MR) is 83.6 cm³/mol. The minimum Gasteiger partial charge on any atom is -0.343 e. The van der Waals surface area contributed by atoms with Crippen molar-refractivity contribution in [2.24, 2.45) is 0 Å². The van der Waals surface area contributed by atoms with Gasteiger partial charge in [0.25, 0.3) is 0 Å². The van der Waals surface area contributed by atoms with Crippen molar-refractivity contribution in [3.63, 3.8) is 0 Å². The monoisotopic (exact) mass is 344 g/mol. The summed E-state index contributed by atoms with van der Waals surface area (Å²) in [6.07, 6.45) is 4.78. The highest BCUT2D eigenvalue weighted by molar-refractivity contribution is 9.11. The van der Waals surface area contributed by atoms with Crippen LogP contribution in [0.3, 0.4) is 0 Å². The molecule has 0 saturated carbocycles. The fraction of sp³-hybridized carbons (Fsp3) is 0.643. The van der Waals surface area contributed by atoms with E-state index in [4.69, 9.17) is 0 Å². The van der Waals surface area contributed by atoms with E-state index in [0.717, 1.165) is 38.8 Å². The van der Waals surface area contributed by atoms with E-state index < -0.39 is 0 Å². The Morgan fingerprint density at radius 2 is 2.21 bits per heavy atom. The molecular formula is C14H21BrN2OS. The first-order valence-corrected chi connectivity index (χ1v) is 8.48. The summed E-state index contributed by atoms with van der Waals surface area (Å²) in [6, 6.07) is 4.64. The van der Waals surface area contributed by atoms with Gasteiger partial charge in [-0.15, -0.1) is 11.3 Å². The molecule has 0 atom stereocenters. The summed E-state index contributed by atoms with van der Waals surface area (Å²) in [5.41, 5.74) is 0. The van der Waals surface area contributed by atoms with Gasteiger partial charge in [-0.05, 0) is 66.8 Å². The van der Waals surface area contributed by atoms with E-state index in [9.17, 15) is 4.79 Å². The lowest BCUT2D eigenvalue weighted by Gasteiger charge is -2.31. The molecule has 2 heterocycles. The molecular weight excluding hydrogens is 324 g/mol. The number of carbonyl (C=O) groups excluding carboxylic acids is 1. The summed E-state index contributed by atoms with van der Waals surface area (Å²) in [6.45, 7) is 2.07. The zero-order valence-corrected chi connectivity index (χ0v) is 13.7. The molecule has 0 bridgehead atoms. The van der Waals surface area contributed by atoms with Crippen LogP contribution in [0.2, 0.25) is 0 Å². The molecule has 19 heavy (non-hydrogen) atoms. The number of halogens is 1. The second-order valence-corrected chi connectivity index (χ2v) is 7.59. The van der Waals surface area contributed by atoms with Gasteiger partial charge in [-0.2, -0.15) is 0 Å². The van der Waals surface area contributed by atoms with Gasteiger partial charge in [0.15, 0.2) is 0 Å². The lowest BCUT2D eigenvalue weighted by molar-refractivity contribution is -0.132. The van der Waals surface area contributed by atoms with Gasteiger partial charge >= 0.3 is 0 Å². The van der Waals surface area contributed by atoms with Gasteiger partial charge in [-0.1, -0.05) is 0 Å². The van der Waals surface area contributed by atoms with Gasteiger partial charge < -0.3 is 10.2 Å². The zero-order chi connectivity index (χ0) is 13.7. The second-order valence-electron chi connectivity index (χ2n) is 5.05. The van der Waals surface area contributed by atoms with E-state index >= 15 is 0 Å². The fourth-order valence-corrected chi connectivity index (χ4v) is 4.00. The number of hydrogen-bond donors (Lipinski definition) is 1. The predicted octanol–water partition coefficient (Wildman–Crippen LogP) is 3.04. The quantitative estimate of drug-likeness (QED) is 0.890. The van der Waals surface area contributed by atoms with Gasteiger partial charge in [0.05, 0.1) is 3.79 Å². The Morgan fingerprint density at radius 1 is 1.47 bits per heavy atom. The highest BCUT2D eigenvalue weighted by Crippen LogP contribution is 2.23. The molecule has 2 rings (SSSR count). The molecule has 1 amide bonds. The Bertz CT molecular complexity index is 415. The first-order chi connectivity index (χ1) is 9.16. The number of thiophene rings is 1. The maximum atomic E-state index is 12.1. The third-order valence-electron chi connectivity index (χ3n) is 3.69. The average Bonchev–Trinajstić information content (AvgIpc) is 2.84. The number of carbonyl (C=O) groups is 1. The lowest BCUT2D eigenvalue weighted by atomic mass is 10.0. The van der Waals surface area contributed by atoms with Gasteiger partial charge in [-0.3, -0.25) is 4.79 Å². The third-order valence-corrected chi connectivity index (χ3v) is 5.38. The van der Waals surface area contributed by atoms with Crippen molar-refractivity contribution in [3.8, 4) is 0 Å². The summed E-state index contributed by atoms with van der Waals surface area (Å²) in [5.74, 6) is 0.294. The van der Waals surface area contributed by atoms with E-state index in [1.54, 1.807) is 11.3 Å². The molecule has 0 aromatic carbocycles. The SMILES string of the molecule is CN(C(=O)CCCc1ccc(Br)s1)C1CCNCC1.